The normalized spacial score (nSPS) is 45.1. The minimum Gasteiger partial charge on any atom is -0.461 e. The van der Waals surface area contributed by atoms with Gasteiger partial charge >= 0.3 is 5.97 Å². The van der Waals surface area contributed by atoms with Crippen LogP contribution in [0.2, 0.25) is 0 Å². The lowest BCUT2D eigenvalue weighted by Crippen LogP contribution is -2.68. The van der Waals surface area contributed by atoms with Crippen LogP contribution >= 0.6 is 0 Å². The fourth-order valence-electron chi connectivity index (χ4n) is 7.53. The highest BCUT2D eigenvalue weighted by molar-refractivity contribution is 6.06. The van der Waals surface area contributed by atoms with Crippen molar-refractivity contribution >= 4 is 11.8 Å². The second kappa shape index (κ2) is 8.57. The van der Waals surface area contributed by atoms with E-state index >= 15 is 8.78 Å². The van der Waals surface area contributed by atoms with Crippen molar-refractivity contribution in [2.45, 2.75) is 83.8 Å². The summed E-state index contributed by atoms with van der Waals surface area (Å²) in [6.07, 6.45) is -0.0123. The van der Waals surface area contributed by atoms with E-state index in [4.69, 9.17) is 9.84 Å². The third kappa shape index (κ3) is 3.40. The van der Waals surface area contributed by atoms with E-state index in [-0.39, 0.29) is 61.2 Å². The molecule has 4 rings (SSSR count). The van der Waals surface area contributed by atoms with E-state index in [0.717, 1.165) is 0 Å². The molecule has 0 aromatic rings. The minimum absolute atomic E-state index is 0.0137. The van der Waals surface area contributed by atoms with E-state index in [1.54, 1.807) is 13.8 Å². The first kappa shape index (κ1) is 25.1. The first-order valence-corrected chi connectivity index (χ1v) is 12.2. The molecule has 7 heteroatoms. The predicted octanol–water partition coefficient (Wildman–Crippen LogP) is 3.63. The number of esters is 1. The third-order valence-electron chi connectivity index (χ3n) is 9.07. The number of hydrogen-bond acceptors (Lipinski definition) is 5. The summed E-state index contributed by atoms with van der Waals surface area (Å²) < 4.78 is 38.8. The number of ketones is 1. The highest BCUT2D eigenvalue weighted by Crippen LogP contribution is 2.69. The first-order chi connectivity index (χ1) is 15.9. The minimum atomic E-state index is -2.19. The number of carbonyl (C=O) groups excluding carboxylic acids is 2. The Hall–Kier alpha value is -2.04. The van der Waals surface area contributed by atoms with Crippen molar-refractivity contribution in [2.24, 2.45) is 28.6 Å². The van der Waals surface area contributed by atoms with Crippen LogP contribution in [0.3, 0.4) is 0 Å². The summed E-state index contributed by atoms with van der Waals surface area (Å²) >= 11 is 0. The maximum atomic E-state index is 17.4. The highest BCUT2D eigenvalue weighted by Gasteiger charge is 2.73. The van der Waals surface area contributed by atoms with Gasteiger partial charge in [0.25, 0.3) is 0 Å². The van der Waals surface area contributed by atoms with Gasteiger partial charge < -0.3 is 14.9 Å². The van der Waals surface area contributed by atoms with Gasteiger partial charge in [-0.1, -0.05) is 38.7 Å². The quantitative estimate of drug-likeness (QED) is 0.480. The molecule has 0 aliphatic heterocycles. The van der Waals surface area contributed by atoms with E-state index in [1.165, 1.54) is 12.2 Å². The summed E-state index contributed by atoms with van der Waals surface area (Å²) in [4.78, 5) is 24.8. The van der Waals surface area contributed by atoms with Crippen LogP contribution in [0.4, 0.5) is 8.78 Å². The molecule has 0 aromatic heterocycles. The van der Waals surface area contributed by atoms with Crippen LogP contribution in [-0.2, 0) is 14.3 Å². The summed E-state index contributed by atoms with van der Waals surface area (Å²) in [6, 6.07) is 0. The standard InChI is InChI=1S/C27H34F2O5/c1-5-23(33)34-24-15(2)10-17-18-11-20(28)19-12-21(31)16(8-6-7-9-30)13-26(19,4)27(18,29)22(32)14-25(17,24)3/h12-13,15,17-18,20,22,24,30,32H,5,8-11,14H2,1-4H3/t15-,17-,18-,20-,22-,24-,25-,26-,27-/m0/s1. The lowest BCUT2D eigenvalue weighted by Gasteiger charge is -2.62. The molecule has 0 amide bonds. The van der Waals surface area contributed by atoms with Gasteiger partial charge in [0.15, 0.2) is 11.5 Å². The lowest BCUT2D eigenvalue weighted by atomic mass is 9.45. The summed E-state index contributed by atoms with van der Waals surface area (Å²) in [5, 5.41) is 20.3. The number of alkyl halides is 2. The van der Waals surface area contributed by atoms with Crippen LogP contribution in [0.1, 0.15) is 59.8 Å². The van der Waals surface area contributed by atoms with Crippen molar-refractivity contribution in [2.75, 3.05) is 6.61 Å². The Kier molecular flexibility index (Phi) is 6.31. The van der Waals surface area contributed by atoms with Gasteiger partial charge in [-0.25, -0.2) is 8.78 Å². The van der Waals surface area contributed by atoms with Crippen LogP contribution in [0.15, 0.2) is 23.3 Å². The van der Waals surface area contributed by atoms with Crippen molar-refractivity contribution in [3.63, 3.8) is 0 Å². The number of aliphatic hydroxyl groups is 2. The van der Waals surface area contributed by atoms with Gasteiger partial charge in [0.2, 0.25) is 0 Å². The van der Waals surface area contributed by atoms with Gasteiger partial charge in [-0.05, 0) is 49.7 Å². The molecule has 0 heterocycles. The van der Waals surface area contributed by atoms with Crippen molar-refractivity contribution < 1.29 is 33.3 Å². The van der Waals surface area contributed by atoms with Gasteiger partial charge in [0.1, 0.15) is 18.9 Å². The molecule has 5 nitrogen and oxygen atoms in total. The molecule has 0 spiro atoms. The molecule has 2 N–H and O–H groups in total. The van der Waals surface area contributed by atoms with Gasteiger partial charge in [0.05, 0.1) is 6.10 Å². The number of fused-ring (bicyclic) bond motifs is 5. The first-order valence-electron chi connectivity index (χ1n) is 12.2. The summed E-state index contributed by atoms with van der Waals surface area (Å²) in [6.45, 7) is 6.82. The topological polar surface area (TPSA) is 83.8 Å². The second-order valence-electron chi connectivity index (χ2n) is 10.9. The van der Waals surface area contributed by atoms with Crippen LogP contribution in [0.5, 0.6) is 0 Å². The van der Waals surface area contributed by atoms with E-state index < -0.39 is 46.6 Å². The molecule has 4 aliphatic carbocycles. The molecule has 34 heavy (non-hydrogen) atoms. The maximum absolute atomic E-state index is 17.4. The second-order valence-corrected chi connectivity index (χ2v) is 10.9. The summed E-state index contributed by atoms with van der Waals surface area (Å²) in [7, 11) is 0. The molecule has 0 aromatic carbocycles. The maximum Gasteiger partial charge on any atom is 0.305 e. The molecule has 0 unspecified atom stereocenters. The number of rotatable bonds is 3. The number of hydrogen-bond donors (Lipinski definition) is 2. The molecule has 3 saturated carbocycles. The average Bonchev–Trinajstić information content (AvgIpc) is 3.02. The molecule has 0 bridgehead atoms. The number of halogens is 2. The smallest absolute Gasteiger partial charge is 0.305 e. The van der Waals surface area contributed by atoms with Gasteiger partial charge in [-0.2, -0.15) is 0 Å². The highest BCUT2D eigenvalue weighted by atomic mass is 19.1. The molecule has 186 valence electrons. The van der Waals surface area contributed by atoms with E-state index in [0.29, 0.717) is 6.42 Å². The van der Waals surface area contributed by atoms with Crippen LogP contribution in [0.25, 0.3) is 0 Å². The average molecular weight is 477 g/mol. The van der Waals surface area contributed by atoms with Crippen LogP contribution < -0.4 is 0 Å². The molecular formula is C27H34F2O5. The predicted molar refractivity (Wildman–Crippen MR) is 122 cm³/mol. The third-order valence-corrected chi connectivity index (χ3v) is 9.07. The van der Waals surface area contributed by atoms with E-state index in [1.807, 2.05) is 13.8 Å². The SMILES string of the molecule is CCC(=O)O[C@H]1[C@@H](C)C[C@H]2[C@@H]3C[C@H](F)C4=CC(=O)C(CC#CCO)=C[C@]4(C)[C@@]3(F)[C@@H](O)C[C@@]21C. The van der Waals surface area contributed by atoms with Crippen molar-refractivity contribution in [3.8, 4) is 11.8 Å². The van der Waals surface area contributed by atoms with E-state index in [9.17, 15) is 14.7 Å². The zero-order valence-corrected chi connectivity index (χ0v) is 20.2. The molecular weight excluding hydrogens is 442 g/mol. The fraction of sp³-hybridized carbons (Fsp3) is 0.704. The van der Waals surface area contributed by atoms with Gasteiger partial charge in [-0.3, -0.25) is 9.59 Å². The summed E-state index contributed by atoms with van der Waals surface area (Å²) in [5.74, 6) is 3.28. The Bertz CT molecular complexity index is 1010. The number of allylic oxidation sites excluding steroid dienone is 4. The van der Waals surface area contributed by atoms with Crippen LogP contribution in [-0.4, -0.2) is 52.6 Å². The largest absolute Gasteiger partial charge is 0.461 e. The van der Waals surface area contributed by atoms with Crippen molar-refractivity contribution in [3.05, 3.63) is 23.3 Å². The Balaban J connectivity index is 1.78. The Morgan fingerprint density at radius 1 is 1.26 bits per heavy atom. The number of carbonyl (C=O) groups is 2. The zero-order chi connectivity index (χ0) is 25.1. The Morgan fingerprint density at radius 2 is 1.97 bits per heavy atom. The van der Waals surface area contributed by atoms with Crippen molar-refractivity contribution in [1.82, 2.24) is 0 Å². The van der Waals surface area contributed by atoms with Gasteiger partial charge in [0, 0.05) is 35.2 Å². The Labute approximate surface area is 199 Å². The monoisotopic (exact) mass is 476 g/mol. The molecule has 0 saturated heterocycles. The number of aliphatic hydroxyl groups excluding tert-OH is 2. The fourth-order valence-corrected chi connectivity index (χ4v) is 7.53. The van der Waals surface area contributed by atoms with Crippen molar-refractivity contribution in [1.29, 1.82) is 0 Å². The van der Waals surface area contributed by atoms with Gasteiger partial charge in [-0.15, -0.1) is 0 Å². The molecule has 9 atom stereocenters. The van der Waals surface area contributed by atoms with E-state index in [2.05, 4.69) is 11.8 Å². The molecule has 3 fully saturated rings. The zero-order valence-electron chi connectivity index (χ0n) is 20.2. The molecule has 0 radical (unpaired) electrons. The lowest BCUT2D eigenvalue weighted by molar-refractivity contribution is -0.212. The number of ether oxygens (including phenoxy) is 1. The summed E-state index contributed by atoms with van der Waals surface area (Å²) in [5.41, 5.74) is -4.07. The molecule has 4 aliphatic rings. The van der Waals surface area contributed by atoms with Crippen LogP contribution in [0, 0.1) is 40.4 Å². The Morgan fingerprint density at radius 3 is 2.62 bits per heavy atom.